The summed E-state index contributed by atoms with van der Waals surface area (Å²) in [6.45, 7) is -1.08. The molecule has 2 rings (SSSR count). The van der Waals surface area contributed by atoms with E-state index in [0.29, 0.717) is 23.4 Å². The molecule has 1 aliphatic rings. The highest BCUT2D eigenvalue weighted by molar-refractivity contribution is 5.59. The van der Waals surface area contributed by atoms with Crippen molar-refractivity contribution >= 4 is 5.69 Å². The summed E-state index contributed by atoms with van der Waals surface area (Å²) in [6, 6.07) is 4.95. The van der Waals surface area contributed by atoms with Crippen molar-refractivity contribution in [1.82, 2.24) is 0 Å². The summed E-state index contributed by atoms with van der Waals surface area (Å²) in [4.78, 5) is 1.14. The van der Waals surface area contributed by atoms with Crippen LogP contribution in [0.25, 0.3) is 0 Å². The Bertz CT molecular complexity index is 434. The third kappa shape index (κ3) is 2.87. The van der Waals surface area contributed by atoms with Crippen LogP contribution >= 0.6 is 0 Å². The van der Waals surface area contributed by atoms with E-state index in [1.807, 2.05) is 0 Å². The number of nitrogens with zero attached hydrogens (tertiary/aromatic N) is 1. The molecule has 6 heteroatoms. The number of β-amino-alcohol motifs (C(OH)–C–C–N with tert-alkyl or cyclic N) is 1. The fourth-order valence-corrected chi connectivity index (χ4v) is 2.17. The van der Waals surface area contributed by atoms with Gasteiger partial charge in [-0.3, -0.25) is 0 Å². The molecule has 0 saturated heterocycles. The van der Waals surface area contributed by atoms with Crippen LogP contribution in [-0.4, -0.2) is 37.6 Å². The van der Waals surface area contributed by atoms with E-state index in [0.717, 1.165) is 4.90 Å². The molecule has 0 saturated carbocycles. The standard InChI is InChI=1S/C12H14F3NO2/c1-18-10-3-2-8-4-9(17)6-16(11(8)5-10)7-12(13,14)15/h2-3,5,9,17H,4,6-7H2,1H3. The lowest BCUT2D eigenvalue weighted by Crippen LogP contribution is -2.43. The molecule has 0 aromatic heterocycles. The molecule has 0 radical (unpaired) electrons. The van der Waals surface area contributed by atoms with Crippen molar-refractivity contribution in [2.24, 2.45) is 0 Å². The van der Waals surface area contributed by atoms with Gasteiger partial charge in [-0.05, 0) is 11.6 Å². The monoisotopic (exact) mass is 261 g/mol. The van der Waals surface area contributed by atoms with Crippen molar-refractivity contribution in [1.29, 1.82) is 0 Å². The molecular weight excluding hydrogens is 247 g/mol. The van der Waals surface area contributed by atoms with Gasteiger partial charge in [0.25, 0.3) is 0 Å². The van der Waals surface area contributed by atoms with Crippen LogP contribution < -0.4 is 9.64 Å². The smallest absolute Gasteiger partial charge is 0.405 e. The first-order chi connectivity index (χ1) is 8.39. The van der Waals surface area contributed by atoms with Crippen LogP contribution in [0.15, 0.2) is 18.2 Å². The maximum absolute atomic E-state index is 12.5. The first-order valence-electron chi connectivity index (χ1n) is 5.56. The van der Waals surface area contributed by atoms with E-state index >= 15 is 0 Å². The molecule has 0 amide bonds. The minimum atomic E-state index is -4.29. The summed E-state index contributed by atoms with van der Waals surface area (Å²) >= 11 is 0. The molecular formula is C12H14F3NO2. The third-order valence-corrected chi connectivity index (χ3v) is 2.89. The van der Waals surface area contributed by atoms with E-state index in [4.69, 9.17) is 4.74 Å². The molecule has 1 unspecified atom stereocenters. The Morgan fingerprint density at radius 2 is 2.17 bits per heavy atom. The SMILES string of the molecule is COc1ccc2c(c1)N(CC(F)(F)F)CC(O)C2. The highest BCUT2D eigenvalue weighted by Gasteiger charge is 2.34. The van der Waals surface area contributed by atoms with Crippen LogP contribution in [0.1, 0.15) is 5.56 Å². The normalized spacial score (nSPS) is 19.6. The summed E-state index contributed by atoms with van der Waals surface area (Å²) in [6.07, 6.45) is -4.70. The maximum atomic E-state index is 12.5. The van der Waals surface area contributed by atoms with Gasteiger partial charge in [0.15, 0.2) is 0 Å². The van der Waals surface area contributed by atoms with Crippen LogP contribution in [0, 0.1) is 0 Å². The van der Waals surface area contributed by atoms with Crippen LogP contribution in [-0.2, 0) is 6.42 Å². The van der Waals surface area contributed by atoms with E-state index in [1.54, 1.807) is 18.2 Å². The molecule has 1 aromatic carbocycles. The van der Waals surface area contributed by atoms with Gasteiger partial charge >= 0.3 is 6.18 Å². The average molecular weight is 261 g/mol. The first kappa shape index (κ1) is 13.0. The molecule has 0 bridgehead atoms. The summed E-state index contributed by atoms with van der Waals surface area (Å²) in [5, 5.41) is 9.61. The zero-order valence-corrected chi connectivity index (χ0v) is 9.87. The lowest BCUT2D eigenvalue weighted by Gasteiger charge is -2.34. The number of benzene rings is 1. The molecule has 1 aromatic rings. The Labute approximate surface area is 103 Å². The minimum absolute atomic E-state index is 0.0142. The number of methoxy groups -OCH3 is 1. The summed E-state index contributed by atoms with van der Waals surface area (Å²) < 4.78 is 42.5. The number of aliphatic hydroxyl groups excluding tert-OH is 1. The second kappa shape index (κ2) is 4.68. The molecule has 0 spiro atoms. The van der Waals surface area contributed by atoms with Crippen molar-refractivity contribution in [3.8, 4) is 5.75 Å². The topological polar surface area (TPSA) is 32.7 Å². The second-order valence-corrected chi connectivity index (χ2v) is 4.35. The number of alkyl halides is 3. The fraction of sp³-hybridized carbons (Fsp3) is 0.500. The van der Waals surface area contributed by atoms with Crippen LogP contribution in [0.5, 0.6) is 5.75 Å². The fourth-order valence-electron chi connectivity index (χ4n) is 2.17. The van der Waals surface area contributed by atoms with E-state index < -0.39 is 18.8 Å². The summed E-state index contributed by atoms with van der Waals surface area (Å²) in [7, 11) is 1.47. The summed E-state index contributed by atoms with van der Waals surface area (Å²) in [5.41, 5.74) is 1.19. The van der Waals surface area contributed by atoms with Gasteiger partial charge in [-0.2, -0.15) is 13.2 Å². The van der Waals surface area contributed by atoms with Crippen molar-refractivity contribution in [3.05, 3.63) is 23.8 Å². The third-order valence-electron chi connectivity index (χ3n) is 2.89. The number of fused-ring (bicyclic) bond motifs is 1. The molecule has 0 fully saturated rings. The Hall–Kier alpha value is -1.43. The molecule has 1 heterocycles. The lowest BCUT2D eigenvalue weighted by atomic mass is 9.99. The number of halogens is 3. The maximum Gasteiger partial charge on any atom is 0.405 e. The highest BCUT2D eigenvalue weighted by Crippen LogP contribution is 2.33. The van der Waals surface area contributed by atoms with Gasteiger partial charge in [-0.25, -0.2) is 0 Å². The molecule has 1 atom stereocenters. The zero-order chi connectivity index (χ0) is 13.3. The van der Waals surface area contributed by atoms with Crippen LogP contribution in [0.4, 0.5) is 18.9 Å². The number of hydrogen-bond acceptors (Lipinski definition) is 3. The average Bonchev–Trinajstić information content (AvgIpc) is 2.26. The lowest BCUT2D eigenvalue weighted by molar-refractivity contribution is -0.120. The predicted molar refractivity (Wildman–Crippen MR) is 61.0 cm³/mol. The van der Waals surface area contributed by atoms with Gasteiger partial charge < -0.3 is 14.7 Å². The zero-order valence-electron chi connectivity index (χ0n) is 9.87. The molecule has 1 aliphatic heterocycles. The largest absolute Gasteiger partial charge is 0.497 e. The van der Waals surface area contributed by atoms with E-state index in [2.05, 4.69) is 0 Å². The highest BCUT2D eigenvalue weighted by atomic mass is 19.4. The quantitative estimate of drug-likeness (QED) is 0.883. The van der Waals surface area contributed by atoms with Crippen molar-refractivity contribution in [2.75, 3.05) is 25.1 Å². The van der Waals surface area contributed by atoms with Crippen LogP contribution in [0.2, 0.25) is 0 Å². The molecule has 1 N–H and O–H groups in total. The van der Waals surface area contributed by atoms with Crippen molar-refractivity contribution in [3.63, 3.8) is 0 Å². The number of aliphatic hydroxyl groups is 1. The number of rotatable bonds is 2. The molecule has 100 valence electrons. The summed E-state index contributed by atoms with van der Waals surface area (Å²) in [5.74, 6) is 0.511. The van der Waals surface area contributed by atoms with E-state index in [1.165, 1.54) is 7.11 Å². The van der Waals surface area contributed by atoms with Gasteiger partial charge in [-0.15, -0.1) is 0 Å². The number of anilines is 1. The number of ether oxygens (including phenoxy) is 1. The van der Waals surface area contributed by atoms with E-state index in [-0.39, 0.29) is 6.54 Å². The first-order valence-corrected chi connectivity index (χ1v) is 5.56. The van der Waals surface area contributed by atoms with Gasteiger partial charge in [0, 0.05) is 24.7 Å². The number of hydrogen-bond donors (Lipinski definition) is 1. The molecule has 3 nitrogen and oxygen atoms in total. The molecule has 18 heavy (non-hydrogen) atoms. The molecule has 0 aliphatic carbocycles. The van der Waals surface area contributed by atoms with Crippen molar-refractivity contribution < 1.29 is 23.0 Å². The predicted octanol–water partition coefficient (Wildman–Crippen LogP) is 1.98. The second-order valence-electron chi connectivity index (χ2n) is 4.35. The van der Waals surface area contributed by atoms with Crippen LogP contribution in [0.3, 0.4) is 0 Å². The Kier molecular flexibility index (Phi) is 3.38. The Balaban J connectivity index is 2.33. The minimum Gasteiger partial charge on any atom is -0.497 e. The van der Waals surface area contributed by atoms with Crippen molar-refractivity contribution in [2.45, 2.75) is 18.7 Å². The Morgan fingerprint density at radius 3 is 2.78 bits per heavy atom. The van der Waals surface area contributed by atoms with Gasteiger partial charge in [0.05, 0.1) is 13.2 Å². The van der Waals surface area contributed by atoms with Gasteiger partial charge in [0.1, 0.15) is 12.3 Å². The Morgan fingerprint density at radius 1 is 1.44 bits per heavy atom. The van der Waals surface area contributed by atoms with E-state index in [9.17, 15) is 18.3 Å². The van der Waals surface area contributed by atoms with Gasteiger partial charge in [-0.1, -0.05) is 6.07 Å². The van der Waals surface area contributed by atoms with Gasteiger partial charge in [0.2, 0.25) is 0 Å².